The summed E-state index contributed by atoms with van der Waals surface area (Å²) in [4.78, 5) is 71.8. The molecule has 13 nitrogen and oxygen atoms in total. The minimum absolute atomic E-state index is 0.494. The molecule has 0 radical (unpaired) electrons. The zero-order valence-electron chi connectivity index (χ0n) is 16.3. The van der Waals surface area contributed by atoms with E-state index in [4.69, 9.17) is 34.4 Å². The van der Waals surface area contributed by atoms with Crippen molar-refractivity contribution < 1.29 is 33.5 Å². The van der Waals surface area contributed by atoms with Gasteiger partial charge < -0.3 is 39.1 Å². The highest BCUT2D eigenvalue weighted by Gasteiger charge is 2.50. The number of rotatable bonds is 12. The summed E-state index contributed by atoms with van der Waals surface area (Å²) < 4.78 is 4.60. The topological polar surface area (TPSA) is 268 Å². The van der Waals surface area contributed by atoms with Crippen LogP contribution in [0, 0.1) is 0 Å². The van der Waals surface area contributed by atoms with Crippen LogP contribution in [-0.2, 0) is 33.5 Å². The lowest BCUT2D eigenvalue weighted by molar-refractivity contribution is -0.169. The molecule has 0 aliphatic rings. The Bertz CT molecular complexity index is 650. The Kier molecular flexibility index (Phi) is 9.20. The molecular formula is C16H28N6O7. The maximum Gasteiger partial charge on any atom is 0.341 e. The summed E-state index contributed by atoms with van der Waals surface area (Å²) in [6, 6.07) is -2.50. The van der Waals surface area contributed by atoms with Gasteiger partial charge in [-0.05, 0) is 26.7 Å². The van der Waals surface area contributed by atoms with Crippen LogP contribution in [-0.4, -0.2) is 58.5 Å². The Labute approximate surface area is 166 Å². The van der Waals surface area contributed by atoms with Crippen molar-refractivity contribution in [1.82, 2.24) is 0 Å². The van der Waals surface area contributed by atoms with Crippen molar-refractivity contribution in [3.8, 4) is 0 Å². The summed E-state index contributed by atoms with van der Waals surface area (Å²) in [6.45, 7) is 2.45. The van der Waals surface area contributed by atoms with Crippen LogP contribution in [0.4, 0.5) is 0 Å². The Morgan fingerprint density at radius 3 is 1.21 bits per heavy atom. The van der Waals surface area contributed by atoms with Gasteiger partial charge in [-0.25, -0.2) is 9.59 Å². The van der Waals surface area contributed by atoms with E-state index in [9.17, 15) is 28.8 Å². The first-order valence-electron chi connectivity index (χ1n) is 8.60. The van der Waals surface area contributed by atoms with Gasteiger partial charge in [0.1, 0.15) is 0 Å². The number of carbonyl (C=O) groups is 6. The van der Waals surface area contributed by atoms with Crippen LogP contribution in [0.15, 0.2) is 0 Å². The molecule has 0 heterocycles. The number of Topliss-reactive ketones (excluding diaryl/α,β-unsaturated/α-hetero) is 2. The molecule has 0 unspecified atom stereocenters. The second kappa shape index (κ2) is 10.2. The molecule has 2 amide bonds. The fraction of sp³-hybridized carbons (Fsp3) is 0.625. The fourth-order valence-corrected chi connectivity index (χ4v) is 2.37. The van der Waals surface area contributed by atoms with E-state index in [0.717, 1.165) is 0 Å². The van der Waals surface area contributed by atoms with Crippen molar-refractivity contribution in [2.75, 3.05) is 0 Å². The zero-order valence-corrected chi connectivity index (χ0v) is 16.3. The summed E-state index contributed by atoms with van der Waals surface area (Å²) in [5.41, 5.74) is 27.5. The third-order valence-corrected chi connectivity index (χ3v) is 4.15. The molecule has 0 spiro atoms. The monoisotopic (exact) mass is 416 g/mol. The van der Waals surface area contributed by atoms with E-state index < -0.39 is 84.2 Å². The van der Waals surface area contributed by atoms with Crippen LogP contribution in [0.2, 0.25) is 0 Å². The predicted octanol–water partition coefficient (Wildman–Crippen LogP) is -4.19. The van der Waals surface area contributed by atoms with Crippen LogP contribution in [0.5, 0.6) is 0 Å². The smallest absolute Gasteiger partial charge is 0.341 e. The molecule has 0 aromatic heterocycles. The van der Waals surface area contributed by atoms with Gasteiger partial charge in [-0.3, -0.25) is 19.2 Å². The maximum atomic E-state index is 12.5. The van der Waals surface area contributed by atoms with Crippen molar-refractivity contribution in [3.63, 3.8) is 0 Å². The zero-order chi connectivity index (χ0) is 23.2. The lowest BCUT2D eigenvalue weighted by Crippen LogP contribution is -2.64. The van der Waals surface area contributed by atoms with Gasteiger partial charge in [-0.1, -0.05) is 0 Å². The number of nitrogens with two attached hydrogens (primary N) is 6. The molecular weight excluding hydrogens is 388 g/mol. The number of ether oxygens (including phenoxy) is 1. The molecule has 12 N–H and O–H groups in total. The highest BCUT2D eigenvalue weighted by atomic mass is 16.6. The number of ketones is 2. The fourth-order valence-electron chi connectivity index (χ4n) is 2.37. The van der Waals surface area contributed by atoms with Crippen molar-refractivity contribution in [2.45, 2.75) is 62.7 Å². The summed E-state index contributed by atoms with van der Waals surface area (Å²) in [7, 11) is 0. The van der Waals surface area contributed by atoms with E-state index in [1.165, 1.54) is 13.8 Å². The van der Waals surface area contributed by atoms with Gasteiger partial charge in [0.25, 0.3) is 0 Å². The molecule has 0 bridgehead atoms. The second-order valence-electron chi connectivity index (χ2n) is 6.86. The average molecular weight is 416 g/mol. The second-order valence-corrected chi connectivity index (χ2v) is 6.86. The standard InChI is InChI=1S/C16H28N6O7/c1-7(17)11(25)15(21,5-3-9(19)23)13(27)29-14(28)16(22,6-4-10(20)24)12(26)8(2)18/h7-8H,3-6,17-18,21-22H2,1-2H3,(H2,19,23)(H2,20,24)/t7-,8-,15+,16+/m0/s1. The third-order valence-electron chi connectivity index (χ3n) is 4.15. The summed E-state index contributed by atoms with van der Waals surface area (Å²) in [6.07, 6.45) is -2.19. The Hall–Kier alpha value is -2.74. The molecule has 0 aliphatic heterocycles. The highest BCUT2D eigenvalue weighted by Crippen LogP contribution is 2.20. The minimum Gasteiger partial charge on any atom is -0.390 e. The largest absolute Gasteiger partial charge is 0.390 e. The lowest BCUT2D eigenvalue weighted by atomic mass is 9.85. The van der Waals surface area contributed by atoms with E-state index in [1.54, 1.807) is 0 Å². The number of carbonyl (C=O) groups excluding carboxylic acids is 6. The molecule has 164 valence electrons. The van der Waals surface area contributed by atoms with Crippen molar-refractivity contribution in [1.29, 1.82) is 0 Å². The van der Waals surface area contributed by atoms with Gasteiger partial charge in [-0.2, -0.15) is 0 Å². The first-order chi connectivity index (χ1) is 13.1. The Balaban J connectivity index is 5.86. The molecule has 0 aromatic rings. The molecule has 0 fully saturated rings. The first-order valence-corrected chi connectivity index (χ1v) is 8.60. The lowest BCUT2D eigenvalue weighted by Gasteiger charge is -2.30. The normalized spacial score (nSPS) is 17.2. The van der Waals surface area contributed by atoms with Gasteiger partial charge in [0.2, 0.25) is 11.8 Å². The van der Waals surface area contributed by atoms with Crippen LogP contribution in [0.1, 0.15) is 39.5 Å². The van der Waals surface area contributed by atoms with Crippen molar-refractivity contribution in [3.05, 3.63) is 0 Å². The van der Waals surface area contributed by atoms with Gasteiger partial charge >= 0.3 is 11.9 Å². The minimum atomic E-state index is -2.50. The quantitative estimate of drug-likeness (QED) is 0.131. The SMILES string of the molecule is C[C@H](N)C(=O)[C@](N)(CCC(N)=O)C(=O)OC(=O)[C@@](N)(CCC(N)=O)C(=O)[C@H](C)N. The Morgan fingerprint density at radius 1 is 0.724 bits per heavy atom. The molecule has 0 rings (SSSR count). The molecule has 0 saturated heterocycles. The maximum absolute atomic E-state index is 12.5. The number of primary amides is 2. The number of hydrogen-bond donors (Lipinski definition) is 6. The van der Waals surface area contributed by atoms with Crippen LogP contribution < -0.4 is 34.4 Å². The van der Waals surface area contributed by atoms with E-state index in [2.05, 4.69) is 4.74 Å². The van der Waals surface area contributed by atoms with E-state index in [1.807, 2.05) is 0 Å². The van der Waals surface area contributed by atoms with E-state index in [0.29, 0.717) is 0 Å². The molecule has 0 saturated carbocycles. The van der Waals surface area contributed by atoms with Crippen LogP contribution >= 0.6 is 0 Å². The number of hydrogen-bond acceptors (Lipinski definition) is 11. The average Bonchev–Trinajstić information content (AvgIpc) is 2.62. The van der Waals surface area contributed by atoms with Gasteiger partial charge in [0.05, 0.1) is 12.1 Å². The molecule has 4 atom stereocenters. The molecule has 13 heteroatoms. The van der Waals surface area contributed by atoms with Gasteiger partial charge in [0, 0.05) is 12.8 Å². The number of esters is 2. The molecule has 0 aliphatic carbocycles. The van der Waals surface area contributed by atoms with Crippen molar-refractivity contribution in [2.24, 2.45) is 34.4 Å². The van der Waals surface area contributed by atoms with Gasteiger partial charge in [-0.15, -0.1) is 0 Å². The third kappa shape index (κ3) is 6.67. The highest BCUT2D eigenvalue weighted by molar-refractivity contribution is 6.17. The summed E-state index contributed by atoms with van der Waals surface area (Å²) in [5.74, 6) is -6.99. The predicted molar refractivity (Wildman–Crippen MR) is 99.1 cm³/mol. The first kappa shape index (κ1) is 26.3. The summed E-state index contributed by atoms with van der Waals surface area (Å²) >= 11 is 0. The number of amides is 2. The summed E-state index contributed by atoms with van der Waals surface area (Å²) in [5, 5.41) is 0. The van der Waals surface area contributed by atoms with Crippen LogP contribution in [0.25, 0.3) is 0 Å². The van der Waals surface area contributed by atoms with Crippen molar-refractivity contribution >= 4 is 35.3 Å². The van der Waals surface area contributed by atoms with E-state index in [-0.39, 0.29) is 0 Å². The Morgan fingerprint density at radius 2 is 1.00 bits per heavy atom. The van der Waals surface area contributed by atoms with Gasteiger partial charge in [0.15, 0.2) is 22.6 Å². The van der Waals surface area contributed by atoms with Crippen LogP contribution in [0.3, 0.4) is 0 Å². The molecule has 29 heavy (non-hydrogen) atoms. The van der Waals surface area contributed by atoms with E-state index >= 15 is 0 Å². The molecule has 0 aromatic carbocycles.